The van der Waals surface area contributed by atoms with E-state index >= 15 is 0 Å². The molecule has 0 fully saturated rings. The number of nitrogens with two attached hydrogens (primary N) is 1. The summed E-state index contributed by atoms with van der Waals surface area (Å²) < 4.78 is 6.55. The number of carbonyl (C=O) groups excluding carboxylic acids is 2. The molecule has 0 aromatic carbocycles. The van der Waals surface area contributed by atoms with Gasteiger partial charge in [-0.25, -0.2) is 4.79 Å². The number of aromatic nitrogens is 2. The summed E-state index contributed by atoms with van der Waals surface area (Å²) in [4.78, 5) is 27.3. The lowest BCUT2D eigenvalue weighted by atomic mass is 9.90. The number of amides is 1. The average molecular weight is 285 g/mol. The molecule has 0 bridgehead atoms. The Kier molecular flexibility index (Phi) is 3.21. The molecule has 1 aliphatic carbocycles. The summed E-state index contributed by atoms with van der Waals surface area (Å²) in [5.41, 5.74) is 9.66. The molecular weight excluding hydrogens is 270 g/mol. The Morgan fingerprint density at radius 1 is 1.43 bits per heavy atom. The maximum Gasteiger partial charge on any atom is 0.339 e. The van der Waals surface area contributed by atoms with Crippen LogP contribution in [-0.4, -0.2) is 28.5 Å². The van der Waals surface area contributed by atoms with Crippen molar-refractivity contribution in [3.05, 3.63) is 41.3 Å². The summed E-state index contributed by atoms with van der Waals surface area (Å²) in [5, 5.41) is 0. The van der Waals surface area contributed by atoms with Gasteiger partial charge in [-0.05, 0) is 30.0 Å². The van der Waals surface area contributed by atoms with Crippen LogP contribution in [0.15, 0.2) is 24.7 Å². The molecule has 1 aliphatic rings. The van der Waals surface area contributed by atoms with Crippen LogP contribution in [0.1, 0.15) is 21.5 Å². The highest BCUT2D eigenvalue weighted by atomic mass is 16.5. The first kappa shape index (κ1) is 13.4. The standard InChI is InChI=1S/C15H15N3O3/c1-21-15(20)12-7-18(8-13(16)19)14-10-4-5-17-6-9(10)2-3-11(12)14/h4-7H,2-3,8H2,1H3,(H2,16,19). The van der Waals surface area contributed by atoms with Gasteiger partial charge in [0, 0.05) is 24.2 Å². The molecule has 2 aromatic rings. The van der Waals surface area contributed by atoms with Gasteiger partial charge in [-0.2, -0.15) is 0 Å². The molecule has 0 spiro atoms. The number of pyridine rings is 1. The number of carbonyl (C=O) groups is 2. The van der Waals surface area contributed by atoms with Gasteiger partial charge < -0.3 is 15.0 Å². The molecule has 3 rings (SSSR count). The number of aryl methyl sites for hydroxylation is 1. The van der Waals surface area contributed by atoms with Crippen LogP contribution < -0.4 is 5.73 Å². The van der Waals surface area contributed by atoms with Gasteiger partial charge in [0.2, 0.25) is 5.91 Å². The molecular formula is C15H15N3O3. The van der Waals surface area contributed by atoms with Gasteiger partial charge in [0.25, 0.3) is 0 Å². The first-order valence-corrected chi connectivity index (χ1v) is 6.63. The van der Waals surface area contributed by atoms with Crippen molar-refractivity contribution in [2.45, 2.75) is 19.4 Å². The lowest BCUT2D eigenvalue weighted by Gasteiger charge is -2.19. The number of hydrogen-bond donors (Lipinski definition) is 1. The number of hydrogen-bond acceptors (Lipinski definition) is 4. The maximum absolute atomic E-state index is 11.9. The Bertz CT molecular complexity index is 734. The second-order valence-corrected chi connectivity index (χ2v) is 4.99. The molecule has 0 atom stereocenters. The minimum Gasteiger partial charge on any atom is -0.465 e. The summed E-state index contributed by atoms with van der Waals surface area (Å²) >= 11 is 0. The number of primary amides is 1. The van der Waals surface area contributed by atoms with Crippen LogP contribution in [0.3, 0.4) is 0 Å². The first-order chi connectivity index (χ1) is 10.1. The zero-order chi connectivity index (χ0) is 15.0. The predicted octanol–water partition coefficient (Wildman–Crippen LogP) is 0.921. The van der Waals surface area contributed by atoms with E-state index in [0.29, 0.717) is 12.0 Å². The fourth-order valence-corrected chi connectivity index (χ4v) is 2.87. The van der Waals surface area contributed by atoms with E-state index in [1.165, 1.54) is 7.11 Å². The highest BCUT2D eigenvalue weighted by Gasteiger charge is 2.27. The van der Waals surface area contributed by atoms with Crippen LogP contribution in [0.4, 0.5) is 0 Å². The van der Waals surface area contributed by atoms with E-state index in [-0.39, 0.29) is 6.54 Å². The third kappa shape index (κ3) is 2.18. The van der Waals surface area contributed by atoms with Gasteiger partial charge in [0.1, 0.15) is 6.54 Å². The van der Waals surface area contributed by atoms with E-state index in [1.54, 1.807) is 17.0 Å². The summed E-state index contributed by atoms with van der Waals surface area (Å²) in [6, 6.07) is 1.89. The Morgan fingerprint density at radius 3 is 2.95 bits per heavy atom. The SMILES string of the molecule is COC(=O)c1cn(CC(N)=O)c2c1CCc1cnccc1-2. The van der Waals surface area contributed by atoms with Crippen molar-refractivity contribution >= 4 is 11.9 Å². The second-order valence-electron chi connectivity index (χ2n) is 4.99. The van der Waals surface area contributed by atoms with E-state index in [1.807, 2.05) is 12.3 Å². The minimum absolute atomic E-state index is 0.0289. The molecule has 6 heteroatoms. The highest BCUT2D eigenvalue weighted by molar-refractivity contribution is 5.94. The first-order valence-electron chi connectivity index (χ1n) is 6.63. The van der Waals surface area contributed by atoms with Crippen LogP contribution in [0.5, 0.6) is 0 Å². The normalized spacial score (nSPS) is 12.4. The van der Waals surface area contributed by atoms with Crippen LogP contribution in [-0.2, 0) is 28.9 Å². The molecule has 0 unspecified atom stereocenters. The molecule has 0 saturated heterocycles. The Labute approximate surface area is 121 Å². The van der Waals surface area contributed by atoms with Crippen LogP contribution in [0, 0.1) is 0 Å². The fourth-order valence-electron chi connectivity index (χ4n) is 2.87. The summed E-state index contributed by atoms with van der Waals surface area (Å²) in [6.45, 7) is 0.0289. The van der Waals surface area contributed by atoms with Crippen molar-refractivity contribution in [1.29, 1.82) is 0 Å². The fraction of sp³-hybridized carbons (Fsp3) is 0.267. The summed E-state index contributed by atoms with van der Waals surface area (Å²) in [7, 11) is 1.35. The van der Waals surface area contributed by atoms with Crippen molar-refractivity contribution < 1.29 is 14.3 Å². The lowest BCUT2D eigenvalue weighted by Crippen LogP contribution is -2.19. The number of esters is 1. The maximum atomic E-state index is 11.9. The van der Waals surface area contributed by atoms with E-state index in [0.717, 1.165) is 28.8 Å². The van der Waals surface area contributed by atoms with Gasteiger partial charge in [-0.3, -0.25) is 9.78 Å². The highest BCUT2D eigenvalue weighted by Crippen LogP contribution is 2.36. The van der Waals surface area contributed by atoms with Gasteiger partial charge in [-0.15, -0.1) is 0 Å². The number of fused-ring (bicyclic) bond motifs is 3. The zero-order valence-corrected chi connectivity index (χ0v) is 11.6. The molecule has 0 aliphatic heterocycles. The monoisotopic (exact) mass is 285 g/mol. The van der Waals surface area contributed by atoms with Crippen LogP contribution in [0.25, 0.3) is 11.3 Å². The molecule has 108 valence electrons. The smallest absolute Gasteiger partial charge is 0.339 e. The van der Waals surface area contributed by atoms with Gasteiger partial charge in [-0.1, -0.05) is 0 Å². The molecule has 1 amide bonds. The van der Waals surface area contributed by atoms with E-state index < -0.39 is 11.9 Å². The molecule has 0 saturated carbocycles. The zero-order valence-electron chi connectivity index (χ0n) is 11.6. The lowest BCUT2D eigenvalue weighted by molar-refractivity contribution is -0.118. The van der Waals surface area contributed by atoms with E-state index in [2.05, 4.69) is 4.98 Å². The predicted molar refractivity (Wildman–Crippen MR) is 75.6 cm³/mol. The molecule has 6 nitrogen and oxygen atoms in total. The third-order valence-electron chi connectivity index (χ3n) is 3.72. The molecule has 2 heterocycles. The summed E-state index contributed by atoms with van der Waals surface area (Å²) in [6.07, 6.45) is 6.69. The van der Waals surface area contributed by atoms with Crippen LogP contribution in [0.2, 0.25) is 0 Å². The van der Waals surface area contributed by atoms with E-state index in [9.17, 15) is 9.59 Å². The largest absolute Gasteiger partial charge is 0.465 e. The quantitative estimate of drug-likeness (QED) is 0.849. The van der Waals surface area contributed by atoms with Gasteiger partial charge in [0.15, 0.2) is 0 Å². The third-order valence-corrected chi connectivity index (χ3v) is 3.72. The molecule has 0 radical (unpaired) electrons. The van der Waals surface area contributed by atoms with Crippen molar-refractivity contribution in [1.82, 2.24) is 9.55 Å². The van der Waals surface area contributed by atoms with Crippen molar-refractivity contribution in [2.75, 3.05) is 7.11 Å². The Hall–Kier alpha value is -2.63. The minimum atomic E-state index is -0.453. The van der Waals surface area contributed by atoms with Gasteiger partial charge >= 0.3 is 5.97 Å². The van der Waals surface area contributed by atoms with Gasteiger partial charge in [0.05, 0.1) is 18.4 Å². The van der Waals surface area contributed by atoms with Crippen LogP contribution >= 0.6 is 0 Å². The topological polar surface area (TPSA) is 87.2 Å². The Balaban J connectivity index is 2.22. The van der Waals surface area contributed by atoms with Crippen molar-refractivity contribution in [2.24, 2.45) is 5.73 Å². The number of nitrogens with zero attached hydrogens (tertiary/aromatic N) is 2. The number of ether oxygens (including phenoxy) is 1. The molecule has 2 N–H and O–H groups in total. The van der Waals surface area contributed by atoms with E-state index in [4.69, 9.17) is 10.5 Å². The van der Waals surface area contributed by atoms with Crippen molar-refractivity contribution in [3.8, 4) is 11.3 Å². The molecule has 2 aromatic heterocycles. The average Bonchev–Trinajstić information content (AvgIpc) is 2.85. The van der Waals surface area contributed by atoms with Crippen molar-refractivity contribution in [3.63, 3.8) is 0 Å². The molecule has 21 heavy (non-hydrogen) atoms. The number of methoxy groups -OCH3 is 1. The number of rotatable bonds is 3. The second kappa shape index (κ2) is 5.05. The Morgan fingerprint density at radius 2 is 2.24 bits per heavy atom. The summed E-state index contributed by atoms with van der Waals surface area (Å²) in [5.74, 6) is -0.850.